The molecule has 1 aliphatic rings. The van der Waals surface area contributed by atoms with Crippen LogP contribution in [0.3, 0.4) is 0 Å². The Kier molecular flexibility index (Phi) is 2.57. The van der Waals surface area contributed by atoms with Crippen molar-refractivity contribution < 1.29 is 19.8 Å². The van der Waals surface area contributed by atoms with E-state index < -0.39 is 30.3 Å². The predicted octanol–water partition coefficient (Wildman–Crippen LogP) is -0.712. The summed E-state index contributed by atoms with van der Waals surface area (Å²) in [6.07, 6.45) is -0.429. The van der Waals surface area contributed by atoms with Crippen LogP contribution in [0.1, 0.15) is 13.3 Å². The van der Waals surface area contributed by atoms with Gasteiger partial charge >= 0.3 is 5.97 Å². The minimum absolute atomic E-state index is 0.343. The topological polar surface area (TPSA) is 90.2 Å². The zero-order valence-corrected chi connectivity index (χ0v) is 8.02. The van der Waals surface area contributed by atoms with Crippen LogP contribution in [0, 0.1) is 5.41 Å². The number of hydrogen-bond acceptors (Lipinski definition) is 4. The Hall–Kier alpha value is -1.43. The molecule has 1 heterocycles. The Balaban J connectivity index is 3.05. The van der Waals surface area contributed by atoms with Crippen LogP contribution in [-0.4, -0.2) is 46.5 Å². The molecule has 78 valence electrons. The van der Waals surface area contributed by atoms with Gasteiger partial charge in [-0.1, -0.05) is 0 Å². The third-order valence-electron chi connectivity index (χ3n) is 2.42. The van der Waals surface area contributed by atoms with Gasteiger partial charge in [-0.05, 0) is 6.92 Å². The van der Waals surface area contributed by atoms with Crippen molar-refractivity contribution in [2.45, 2.75) is 13.3 Å². The van der Waals surface area contributed by atoms with E-state index in [4.69, 9.17) is 10.2 Å². The number of hydrogen-bond donors (Lipinski definition) is 2. The van der Waals surface area contributed by atoms with Crippen molar-refractivity contribution in [3.63, 3.8) is 0 Å². The van der Waals surface area contributed by atoms with E-state index in [1.807, 2.05) is 0 Å². The second-order valence-corrected chi connectivity index (χ2v) is 3.32. The van der Waals surface area contributed by atoms with Gasteiger partial charge < -0.3 is 10.2 Å². The summed E-state index contributed by atoms with van der Waals surface area (Å²) >= 11 is 0. The third-order valence-corrected chi connectivity index (χ3v) is 2.42. The molecule has 0 saturated carbocycles. The van der Waals surface area contributed by atoms with Gasteiger partial charge in [0, 0.05) is 7.05 Å². The number of carbonyl (C=O) groups is 2. The van der Waals surface area contributed by atoms with Crippen molar-refractivity contribution in [3.8, 4) is 0 Å². The van der Waals surface area contributed by atoms with Crippen LogP contribution in [-0.2, 0) is 9.59 Å². The Bertz CT molecular complexity index is 312. The fourth-order valence-electron chi connectivity index (χ4n) is 1.53. The zero-order valence-electron chi connectivity index (χ0n) is 8.02. The van der Waals surface area contributed by atoms with Crippen molar-refractivity contribution in [2.24, 2.45) is 10.5 Å². The molecule has 0 aliphatic carbocycles. The minimum atomic E-state index is -1.36. The van der Waals surface area contributed by atoms with Gasteiger partial charge in [-0.15, -0.1) is 0 Å². The number of hydrazone groups is 1. The average molecular weight is 200 g/mol. The highest BCUT2D eigenvalue weighted by Gasteiger charge is 2.49. The molecule has 6 nitrogen and oxygen atoms in total. The van der Waals surface area contributed by atoms with Gasteiger partial charge in [-0.25, -0.2) is 5.01 Å². The standard InChI is InChI=1S/C8H12N2O4/c1-5-8(4-11,3-6(12)13)7(14)10(2)9-5/h11H,3-4H2,1-2H3,(H,12,13). The van der Waals surface area contributed by atoms with E-state index in [1.54, 1.807) is 6.92 Å². The highest BCUT2D eigenvalue weighted by Crippen LogP contribution is 2.31. The molecule has 1 unspecified atom stereocenters. The van der Waals surface area contributed by atoms with Crippen LogP contribution in [0.5, 0.6) is 0 Å². The molecule has 0 aromatic carbocycles. The number of nitrogens with zero attached hydrogens (tertiary/aromatic N) is 2. The maximum Gasteiger partial charge on any atom is 0.304 e. The Labute approximate surface area is 80.8 Å². The molecule has 6 heteroatoms. The number of aliphatic hydroxyl groups excluding tert-OH is 1. The Morgan fingerprint density at radius 1 is 1.64 bits per heavy atom. The normalized spacial score (nSPS) is 26.6. The van der Waals surface area contributed by atoms with Gasteiger partial charge in [-0.3, -0.25) is 9.59 Å². The molecule has 0 aromatic rings. The van der Waals surface area contributed by atoms with Gasteiger partial charge in [0.1, 0.15) is 5.41 Å². The van der Waals surface area contributed by atoms with Crippen molar-refractivity contribution in [1.29, 1.82) is 0 Å². The van der Waals surface area contributed by atoms with Crippen molar-refractivity contribution in [3.05, 3.63) is 0 Å². The van der Waals surface area contributed by atoms with Crippen LogP contribution in [0.4, 0.5) is 0 Å². The molecule has 0 saturated heterocycles. The van der Waals surface area contributed by atoms with Crippen LogP contribution < -0.4 is 0 Å². The second-order valence-electron chi connectivity index (χ2n) is 3.32. The van der Waals surface area contributed by atoms with Crippen LogP contribution in [0.25, 0.3) is 0 Å². The van der Waals surface area contributed by atoms with Gasteiger partial charge in [0.05, 0.1) is 18.7 Å². The minimum Gasteiger partial charge on any atom is -0.481 e. The third kappa shape index (κ3) is 1.37. The van der Waals surface area contributed by atoms with E-state index in [-0.39, 0.29) is 0 Å². The lowest BCUT2D eigenvalue weighted by molar-refractivity contribution is -0.146. The molecule has 0 spiro atoms. The number of amides is 1. The lowest BCUT2D eigenvalue weighted by atomic mass is 9.81. The highest BCUT2D eigenvalue weighted by atomic mass is 16.4. The van der Waals surface area contributed by atoms with E-state index in [0.29, 0.717) is 5.71 Å². The first-order chi connectivity index (χ1) is 6.44. The zero-order chi connectivity index (χ0) is 10.9. The number of carbonyl (C=O) groups excluding carboxylic acids is 1. The lowest BCUT2D eigenvalue weighted by Gasteiger charge is -2.22. The first-order valence-electron chi connectivity index (χ1n) is 4.10. The molecule has 0 bridgehead atoms. The molecule has 1 aliphatic heterocycles. The first kappa shape index (κ1) is 10.6. The monoisotopic (exact) mass is 200 g/mol. The molecule has 14 heavy (non-hydrogen) atoms. The molecular weight excluding hydrogens is 188 g/mol. The second kappa shape index (κ2) is 3.38. The van der Waals surface area contributed by atoms with Crippen molar-refractivity contribution in [2.75, 3.05) is 13.7 Å². The first-order valence-corrected chi connectivity index (χ1v) is 4.10. The van der Waals surface area contributed by atoms with Crippen LogP contribution in [0.2, 0.25) is 0 Å². The van der Waals surface area contributed by atoms with Crippen molar-refractivity contribution >= 4 is 17.6 Å². The van der Waals surface area contributed by atoms with E-state index in [1.165, 1.54) is 7.05 Å². The molecular formula is C8H12N2O4. The summed E-state index contributed by atoms with van der Waals surface area (Å²) in [5.41, 5.74) is -1.02. The number of aliphatic carboxylic acids is 1. The van der Waals surface area contributed by atoms with E-state index in [9.17, 15) is 9.59 Å². The molecule has 1 atom stereocenters. The smallest absolute Gasteiger partial charge is 0.304 e. The average Bonchev–Trinajstić information content (AvgIpc) is 2.29. The fourth-order valence-corrected chi connectivity index (χ4v) is 1.53. The molecule has 0 fully saturated rings. The van der Waals surface area contributed by atoms with Gasteiger partial charge in [0.25, 0.3) is 5.91 Å². The fraction of sp³-hybridized carbons (Fsp3) is 0.625. The number of aliphatic hydroxyl groups is 1. The maximum atomic E-state index is 11.6. The molecule has 2 N–H and O–H groups in total. The van der Waals surface area contributed by atoms with Crippen molar-refractivity contribution in [1.82, 2.24) is 5.01 Å². The molecule has 0 radical (unpaired) electrons. The van der Waals surface area contributed by atoms with E-state index in [0.717, 1.165) is 5.01 Å². The van der Waals surface area contributed by atoms with E-state index >= 15 is 0 Å². The molecule has 1 amide bonds. The van der Waals surface area contributed by atoms with Crippen LogP contribution in [0.15, 0.2) is 5.10 Å². The summed E-state index contributed by atoms with van der Waals surface area (Å²) < 4.78 is 0. The van der Waals surface area contributed by atoms with Gasteiger partial charge in [0.2, 0.25) is 0 Å². The largest absolute Gasteiger partial charge is 0.481 e. The Morgan fingerprint density at radius 2 is 2.21 bits per heavy atom. The summed E-state index contributed by atoms with van der Waals surface area (Å²) in [5.74, 6) is -1.60. The van der Waals surface area contributed by atoms with E-state index in [2.05, 4.69) is 5.10 Å². The summed E-state index contributed by atoms with van der Waals surface area (Å²) in [4.78, 5) is 22.2. The number of carboxylic acid groups (broad SMARTS) is 1. The summed E-state index contributed by atoms with van der Waals surface area (Å²) in [6, 6.07) is 0. The Morgan fingerprint density at radius 3 is 2.50 bits per heavy atom. The molecule has 0 aromatic heterocycles. The number of rotatable bonds is 3. The van der Waals surface area contributed by atoms with Gasteiger partial charge in [0.15, 0.2) is 0 Å². The quantitative estimate of drug-likeness (QED) is 0.629. The SMILES string of the molecule is CC1=NN(C)C(=O)C1(CO)CC(=O)O. The molecule has 1 rings (SSSR count). The maximum absolute atomic E-state index is 11.6. The lowest BCUT2D eigenvalue weighted by Crippen LogP contribution is -2.42. The summed E-state index contributed by atoms with van der Waals surface area (Å²) in [7, 11) is 1.44. The van der Waals surface area contributed by atoms with Crippen LogP contribution >= 0.6 is 0 Å². The highest BCUT2D eigenvalue weighted by molar-refractivity contribution is 6.13. The predicted molar refractivity (Wildman–Crippen MR) is 47.7 cm³/mol. The summed E-state index contributed by atoms with van der Waals surface area (Å²) in [5, 5.41) is 22.7. The summed E-state index contributed by atoms with van der Waals surface area (Å²) in [6.45, 7) is 1.01. The number of carboxylic acids is 1. The van der Waals surface area contributed by atoms with Gasteiger partial charge in [-0.2, -0.15) is 5.10 Å².